The molecule has 18 heavy (non-hydrogen) atoms. The van der Waals surface area contributed by atoms with Gasteiger partial charge < -0.3 is 0 Å². The minimum absolute atomic E-state index is 0.0184. The third-order valence-corrected chi connectivity index (χ3v) is 3.89. The molecule has 1 aromatic heterocycles. The third-order valence-electron chi connectivity index (χ3n) is 2.31. The molecule has 0 amide bonds. The molecule has 2 rings (SSSR count). The summed E-state index contributed by atoms with van der Waals surface area (Å²) in [5, 5.41) is 0.694. The fourth-order valence-electron chi connectivity index (χ4n) is 1.41. The van der Waals surface area contributed by atoms with Crippen LogP contribution in [0.15, 0.2) is 29.3 Å². The monoisotopic (exact) mass is 322 g/mol. The zero-order valence-electron chi connectivity index (χ0n) is 8.83. The molecule has 7 heteroatoms. The molecule has 0 radical (unpaired) electrons. The highest BCUT2D eigenvalue weighted by molar-refractivity contribution is 6.42. The van der Waals surface area contributed by atoms with Crippen LogP contribution in [0.5, 0.6) is 0 Å². The van der Waals surface area contributed by atoms with Crippen molar-refractivity contribution in [1.29, 1.82) is 0 Å². The fraction of sp³-hybridized carbons (Fsp3) is 0.0909. The van der Waals surface area contributed by atoms with Gasteiger partial charge in [-0.2, -0.15) is 0 Å². The van der Waals surface area contributed by atoms with E-state index in [1.165, 1.54) is 10.9 Å². The Bertz CT molecular complexity index is 654. The van der Waals surface area contributed by atoms with E-state index in [4.69, 9.17) is 46.4 Å². The van der Waals surface area contributed by atoms with Gasteiger partial charge in [-0.15, -0.1) is 0 Å². The number of nitrogens with zero attached hydrogens (tertiary/aromatic N) is 2. The molecule has 0 saturated heterocycles. The average Bonchev–Trinajstić information content (AvgIpc) is 2.35. The Morgan fingerprint density at radius 3 is 2.56 bits per heavy atom. The van der Waals surface area contributed by atoms with Crippen molar-refractivity contribution in [2.75, 3.05) is 0 Å². The largest absolute Gasteiger partial charge is 0.293 e. The zero-order chi connectivity index (χ0) is 13.3. The van der Waals surface area contributed by atoms with Crippen LogP contribution in [0.3, 0.4) is 0 Å². The average molecular weight is 324 g/mol. The highest BCUT2D eigenvalue weighted by Crippen LogP contribution is 2.26. The highest BCUT2D eigenvalue weighted by Gasteiger charge is 2.10. The first-order valence-electron chi connectivity index (χ1n) is 4.84. The van der Waals surface area contributed by atoms with E-state index < -0.39 is 5.56 Å². The summed E-state index contributed by atoms with van der Waals surface area (Å²) in [6.07, 6.45) is 1.31. The molecule has 3 nitrogen and oxygen atoms in total. The molecule has 0 aliphatic rings. The van der Waals surface area contributed by atoms with Crippen LogP contribution in [0, 0.1) is 0 Å². The predicted octanol–water partition coefficient (Wildman–Crippen LogP) is 3.91. The lowest BCUT2D eigenvalue weighted by molar-refractivity contribution is 0.736. The summed E-state index contributed by atoms with van der Waals surface area (Å²) < 4.78 is 1.31. The molecular formula is C11H6Cl4N2O. The standard InChI is InChI=1S/C11H6Cl4N2O/c12-7-3-1-2-6(8(7)13)4-17-5-16-10(15)9(14)11(17)18/h1-3,5H,4H2. The van der Waals surface area contributed by atoms with Crippen LogP contribution in [0.2, 0.25) is 20.2 Å². The van der Waals surface area contributed by atoms with Crippen LogP contribution in [0.4, 0.5) is 0 Å². The van der Waals surface area contributed by atoms with Crippen molar-refractivity contribution >= 4 is 46.4 Å². The van der Waals surface area contributed by atoms with E-state index in [1.807, 2.05) is 0 Å². The predicted molar refractivity (Wildman–Crippen MR) is 74.1 cm³/mol. The van der Waals surface area contributed by atoms with Gasteiger partial charge in [0.25, 0.3) is 5.56 Å². The van der Waals surface area contributed by atoms with Gasteiger partial charge in [0.15, 0.2) is 5.15 Å². The van der Waals surface area contributed by atoms with Gasteiger partial charge in [0, 0.05) is 0 Å². The number of benzene rings is 1. The Hall–Kier alpha value is -0.740. The van der Waals surface area contributed by atoms with Crippen molar-refractivity contribution in [3.05, 3.63) is 60.7 Å². The van der Waals surface area contributed by atoms with Crippen LogP contribution >= 0.6 is 46.4 Å². The first-order chi connectivity index (χ1) is 8.50. The van der Waals surface area contributed by atoms with E-state index in [0.717, 1.165) is 0 Å². The maximum atomic E-state index is 11.8. The molecule has 2 aromatic rings. The topological polar surface area (TPSA) is 34.9 Å². The summed E-state index contributed by atoms with van der Waals surface area (Å²) in [4.78, 5) is 15.6. The molecule has 94 valence electrons. The number of halogens is 4. The van der Waals surface area contributed by atoms with Gasteiger partial charge in [0.05, 0.1) is 22.9 Å². The van der Waals surface area contributed by atoms with Crippen LogP contribution in [0.25, 0.3) is 0 Å². The quantitative estimate of drug-likeness (QED) is 0.785. The Balaban J connectivity index is 2.44. The molecular weight excluding hydrogens is 318 g/mol. The number of aromatic nitrogens is 2. The van der Waals surface area contributed by atoms with E-state index in [2.05, 4.69) is 4.98 Å². The van der Waals surface area contributed by atoms with Crippen molar-refractivity contribution < 1.29 is 0 Å². The van der Waals surface area contributed by atoms with Crippen molar-refractivity contribution in [3.63, 3.8) is 0 Å². The number of rotatable bonds is 2. The van der Waals surface area contributed by atoms with Crippen molar-refractivity contribution in [2.24, 2.45) is 0 Å². The molecule has 0 N–H and O–H groups in total. The highest BCUT2D eigenvalue weighted by atomic mass is 35.5. The summed E-state index contributed by atoms with van der Waals surface area (Å²) in [5.74, 6) is 0. The van der Waals surface area contributed by atoms with E-state index in [1.54, 1.807) is 18.2 Å². The lowest BCUT2D eigenvalue weighted by atomic mass is 10.2. The first-order valence-corrected chi connectivity index (χ1v) is 6.35. The van der Waals surface area contributed by atoms with E-state index >= 15 is 0 Å². The molecule has 1 heterocycles. The van der Waals surface area contributed by atoms with Gasteiger partial charge >= 0.3 is 0 Å². The first kappa shape index (κ1) is 13.7. The van der Waals surface area contributed by atoms with Gasteiger partial charge in [-0.25, -0.2) is 4.98 Å². The molecule has 1 aromatic carbocycles. The van der Waals surface area contributed by atoms with Gasteiger partial charge in [-0.05, 0) is 11.6 Å². The smallest absolute Gasteiger partial charge is 0.273 e. The van der Waals surface area contributed by atoms with E-state index in [-0.39, 0.29) is 16.7 Å². The summed E-state index contributed by atoms with van der Waals surface area (Å²) in [7, 11) is 0. The SMILES string of the molecule is O=c1c(Cl)c(Cl)ncn1Cc1cccc(Cl)c1Cl. The van der Waals surface area contributed by atoms with Crippen LogP contribution in [0.1, 0.15) is 5.56 Å². The minimum Gasteiger partial charge on any atom is -0.293 e. The van der Waals surface area contributed by atoms with Crippen LogP contribution in [-0.2, 0) is 6.54 Å². The zero-order valence-corrected chi connectivity index (χ0v) is 11.9. The minimum atomic E-state index is -0.423. The molecule has 0 saturated carbocycles. The molecule has 0 spiro atoms. The Kier molecular flexibility index (Phi) is 4.17. The second kappa shape index (κ2) is 5.49. The van der Waals surface area contributed by atoms with Gasteiger partial charge in [-0.1, -0.05) is 58.5 Å². The van der Waals surface area contributed by atoms with Crippen LogP contribution in [-0.4, -0.2) is 9.55 Å². The van der Waals surface area contributed by atoms with Crippen molar-refractivity contribution in [3.8, 4) is 0 Å². The Morgan fingerprint density at radius 2 is 1.83 bits per heavy atom. The van der Waals surface area contributed by atoms with Crippen molar-refractivity contribution in [1.82, 2.24) is 9.55 Å². The van der Waals surface area contributed by atoms with Crippen LogP contribution < -0.4 is 5.56 Å². The summed E-state index contributed by atoms with van der Waals surface area (Å²) in [6.45, 7) is 0.224. The molecule has 0 fully saturated rings. The molecule has 0 bridgehead atoms. The molecule has 0 aliphatic carbocycles. The van der Waals surface area contributed by atoms with Gasteiger partial charge in [-0.3, -0.25) is 9.36 Å². The molecule has 0 aliphatic heterocycles. The number of hydrogen-bond acceptors (Lipinski definition) is 2. The summed E-state index contributed by atoms with van der Waals surface area (Å²) in [6, 6.07) is 5.19. The lowest BCUT2D eigenvalue weighted by Gasteiger charge is -2.08. The maximum Gasteiger partial charge on any atom is 0.273 e. The second-order valence-corrected chi connectivity index (χ2v) is 5.02. The summed E-state index contributed by atoms with van der Waals surface area (Å²) >= 11 is 23.3. The van der Waals surface area contributed by atoms with Gasteiger partial charge in [0.1, 0.15) is 5.02 Å². The molecule has 0 unspecified atom stereocenters. The lowest BCUT2D eigenvalue weighted by Crippen LogP contribution is -2.21. The second-order valence-electron chi connectivity index (χ2n) is 3.50. The van der Waals surface area contributed by atoms with Crippen molar-refractivity contribution in [2.45, 2.75) is 6.54 Å². The maximum absolute atomic E-state index is 11.8. The normalized spacial score (nSPS) is 10.7. The fourth-order valence-corrected chi connectivity index (χ4v) is 2.07. The van der Waals surface area contributed by atoms with Gasteiger partial charge in [0.2, 0.25) is 0 Å². The summed E-state index contributed by atoms with van der Waals surface area (Å²) in [5.41, 5.74) is 0.277. The third kappa shape index (κ3) is 2.64. The van der Waals surface area contributed by atoms with E-state index in [9.17, 15) is 4.79 Å². The Morgan fingerprint density at radius 1 is 1.11 bits per heavy atom. The molecule has 0 atom stereocenters. The number of hydrogen-bond donors (Lipinski definition) is 0. The Labute approximate surface area is 123 Å². The van der Waals surface area contributed by atoms with E-state index in [0.29, 0.717) is 15.6 Å².